The Balaban J connectivity index is 1.85. The molecule has 1 fully saturated rings. The highest BCUT2D eigenvalue weighted by atomic mass is 32.2. The number of fused-ring (bicyclic) bond motifs is 1. The van der Waals surface area contributed by atoms with Crippen LogP contribution < -0.4 is 5.32 Å². The van der Waals surface area contributed by atoms with Crippen molar-refractivity contribution in [3.8, 4) is 0 Å². The number of rotatable bonds is 4. The molecule has 0 saturated carbocycles. The zero-order chi connectivity index (χ0) is 14.7. The molecule has 2 aromatic rings. The molecule has 3 rings (SSSR count). The SMILES string of the molecule is O=[N+]([O-])c1ccc(NCC2CCCCS2)c2ccncc12. The second-order valence-electron chi connectivity index (χ2n) is 5.18. The number of nitro benzene ring substituents is 1. The lowest BCUT2D eigenvalue weighted by Crippen LogP contribution is -2.20. The van der Waals surface area contributed by atoms with E-state index in [0.29, 0.717) is 10.6 Å². The number of non-ortho nitro benzene ring substituents is 1. The van der Waals surface area contributed by atoms with Gasteiger partial charge in [-0.15, -0.1) is 0 Å². The van der Waals surface area contributed by atoms with Crippen LogP contribution in [0.2, 0.25) is 0 Å². The number of pyridine rings is 1. The van der Waals surface area contributed by atoms with Crippen molar-refractivity contribution in [2.45, 2.75) is 24.5 Å². The molecule has 21 heavy (non-hydrogen) atoms. The number of hydrogen-bond acceptors (Lipinski definition) is 5. The molecule has 0 aliphatic carbocycles. The maximum atomic E-state index is 11.1. The number of aromatic nitrogens is 1. The first-order valence-corrected chi connectivity index (χ1v) is 8.17. The highest BCUT2D eigenvalue weighted by Crippen LogP contribution is 2.31. The first-order chi connectivity index (χ1) is 10.3. The summed E-state index contributed by atoms with van der Waals surface area (Å²) < 4.78 is 0. The lowest BCUT2D eigenvalue weighted by atomic mass is 10.1. The van der Waals surface area contributed by atoms with Crippen molar-refractivity contribution >= 4 is 33.9 Å². The summed E-state index contributed by atoms with van der Waals surface area (Å²) in [5, 5.41) is 16.6. The van der Waals surface area contributed by atoms with Crippen LogP contribution in [0, 0.1) is 10.1 Å². The number of benzene rings is 1. The van der Waals surface area contributed by atoms with Crippen LogP contribution in [0.15, 0.2) is 30.6 Å². The summed E-state index contributed by atoms with van der Waals surface area (Å²) in [6.45, 7) is 0.903. The van der Waals surface area contributed by atoms with Crippen LogP contribution in [0.5, 0.6) is 0 Å². The Labute approximate surface area is 127 Å². The van der Waals surface area contributed by atoms with E-state index in [9.17, 15) is 10.1 Å². The van der Waals surface area contributed by atoms with E-state index in [1.54, 1.807) is 24.5 Å². The lowest BCUT2D eigenvalue weighted by Gasteiger charge is -2.22. The van der Waals surface area contributed by atoms with Crippen molar-refractivity contribution in [3.05, 3.63) is 40.7 Å². The predicted molar refractivity (Wildman–Crippen MR) is 87.0 cm³/mol. The number of thioether (sulfide) groups is 1. The van der Waals surface area contributed by atoms with E-state index >= 15 is 0 Å². The van der Waals surface area contributed by atoms with Crippen molar-refractivity contribution in [1.29, 1.82) is 0 Å². The maximum absolute atomic E-state index is 11.1. The molecule has 0 spiro atoms. The van der Waals surface area contributed by atoms with Crippen LogP contribution in [0.25, 0.3) is 10.8 Å². The summed E-state index contributed by atoms with van der Waals surface area (Å²) in [7, 11) is 0. The summed E-state index contributed by atoms with van der Waals surface area (Å²) in [6, 6.07) is 5.19. The molecule has 1 aromatic heterocycles. The number of nitro groups is 1. The molecule has 0 bridgehead atoms. The Bertz CT molecular complexity index is 656. The van der Waals surface area contributed by atoms with Gasteiger partial charge in [0.25, 0.3) is 5.69 Å². The van der Waals surface area contributed by atoms with E-state index in [-0.39, 0.29) is 10.6 Å². The summed E-state index contributed by atoms with van der Waals surface area (Å²) in [5.74, 6) is 1.23. The molecule has 1 N–H and O–H groups in total. The topological polar surface area (TPSA) is 68.1 Å². The fraction of sp³-hybridized carbons (Fsp3) is 0.400. The first-order valence-electron chi connectivity index (χ1n) is 7.12. The molecular formula is C15H17N3O2S. The molecule has 0 radical (unpaired) electrons. The minimum Gasteiger partial charge on any atom is -0.383 e. The fourth-order valence-corrected chi connectivity index (χ4v) is 3.92. The Kier molecular flexibility index (Phi) is 4.24. The van der Waals surface area contributed by atoms with Crippen LogP contribution >= 0.6 is 11.8 Å². The summed E-state index contributed by atoms with van der Waals surface area (Å²) in [5.41, 5.74) is 1.06. The van der Waals surface area contributed by atoms with Crippen molar-refractivity contribution < 1.29 is 4.92 Å². The van der Waals surface area contributed by atoms with E-state index in [4.69, 9.17) is 0 Å². The fourth-order valence-electron chi connectivity index (χ4n) is 2.68. The zero-order valence-corrected chi connectivity index (χ0v) is 12.4. The minimum absolute atomic E-state index is 0.107. The summed E-state index contributed by atoms with van der Waals surface area (Å²) in [4.78, 5) is 14.7. The van der Waals surface area contributed by atoms with Gasteiger partial charge in [-0.05, 0) is 30.7 Å². The van der Waals surface area contributed by atoms with Crippen molar-refractivity contribution in [3.63, 3.8) is 0 Å². The van der Waals surface area contributed by atoms with Crippen LogP contribution in [-0.2, 0) is 0 Å². The van der Waals surface area contributed by atoms with Crippen molar-refractivity contribution in [1.82, 2.24) is 4.98 Å². The van der Waals surface area contributed by atoms with Gasteiger partial charge in [-0.3, -0.25) is 15.1 Å². The molecule has 1 atom stereocenters. The Hall–Kier alpha value is -1.82. The van der Waals surface area contributed by atoms with Gasteiger partial charge in [-0.25, -0.2) is 0 Å². The quantitative estimate of drug-likeness (QED) is 0.686. The molecule has 5 nitrogen and oxygen atoms in total. The second kappa shape index (κ2) is 6.30. The molecule has 1 saturated heterocycles. The number of anilines is 1. The number of nitrogens with zero attached hydrogens (tertiary/aromatic N) is 2. The smallest absolute Gasteiger partial charge is 0.278 e. The molecule has 1 unspecified atom stereocenters. The van der Waals surface area contributed by atoms with E-state index < -0.39 is 0 Å². The highest BCUT2D eigenvalue weighted by Gasteiger charge is 2.16. The average molecular weight is 303 g/mol. The molecule has 110 valence electrons. The van der Waals surface area contributed by atoms with Gasteiger partial charge in [0.15, 0.2) is 0 Å². The van der Waals surface area contributed by atoms with Gasteiger partial charge in [0, 0.05) is 41.3 Å². The maximum Gasteiger partial charge on any atom is 0.278 e. The van der Waals surface area contributed by atoms with Crippen LogP contribution in [0.1, 0.15) is 19.3 Å². The average Bonchev–Trinajstić information content (AvgIpc) is 2.53. The van der Waals surface area contributed by atoms with Crippen molar-refractivity contribution in [2.75, 3.05) is 17.6 Å². The second-order valence-corrected chi connectivity index (χ2v) is 6.59. The number of nitrogens with one attached hydrogen (secondary N) is 1. The van der Waals surface area contributed by atoms with Gasteiger partial charge in [0.2, 0.25) is 0 Å². The van der Waals surface area contributed by atoms with Crippen LogP contribution in [-0.4, -0.2) is 27.5 Å². The van der Waals surface area contributed by atoms with Crippen molar-refractivity contribution in [2.24, 2.45) is 0 Å². The van der Waals surface area contributed by atoms with Gasteiger partial charge >= 0.3 is 0 Å². The Morgan fingerprint density at radius 3 is 3.00 bits per heavy atom. The first kappa shape index (κ1) is 14.1. The molecule has 1 aliphatic heterocycles. The standard InChI is InChI=1S/C15H17N3O2S/c19-18(20)15-5-4-14(12-6-7-16-10-13(12)15)17-9-11-3-1-2-8-21-11/h4-7,10-11,17H,1-3,8-9H2. The third-order valence-corrected chi connectivity index (χ3v) is 5.18. The normalized spacial score (nSPS) is 18.6. The van der Waals surface area contributed by atoms with E-state index in [1.807, 2.05) is 17.8 Å². The molecule has 6 heteroatoms. The van der Waals surface area contributed by atoms with Crippen LogP contribution in [0.4, 0.5) is 11.4 Å². The predicted octanol–water partition coefficient (Wildman–Crippen LogP) is 3.84. The van der Waals surface area contributed by atoms with Gasteiger partial charge in [-0.1, -0.05) is 6.42 Å². The van der Waals surface area contributed by atoms with Gasteiger partial charge in [0.05, 0.1) is 10.3 Å². The van der Waals surface area contributed by atoms with Gasteiger partial charge < -0.3 is 5.32 Å². The van der Waals surface area contributed by atoms with E-state index in [2.05, 4.69) is 10.3 Å². The molecule has 1 aliphatic rings. The largest absolute Gasteiger partial charge is 0.383 e. The molecule has 2 heterocycles. The summed E-state index contributed by atoms with van der Waals surface area (Å²) >= 11 is 2.01. The van der Waals surface area contributed by atoms with Gasteiger partial charge in [0.1, 0.15) is 0 Å². The van der Waals surface area contributed by atoms with E-state index in [1.165, 1.54) is 25.0 Å². The van der Waals surface area contributed by atoms with Gasteiger partial charge in [-0.2, -0.15) is 11.8 Å². The zero-order valence-electron chi connectivity index (χ0n) is 11.6. The Morgan fingerprint density at radius 1 is 1.33 bits per heavy atom. The Morgan fingerprint density at radius 2 is 2.24 bits per heavy atom. The monoisotopic (exact) mass is 303 g/mol. The molecule has 0 amide bonds. The third-order valence-electron chi connectivity index (χ3n) is 3.79. The third kappa shape index (κ3) is 3.10. The number of hydrogen-bond donors (Lipinski definition) is 1. The highest BCUT2D eigenvalue weighted by molar-refractivity contribution is 7.99. The molecule has 1 aromatic carbocycles. The van der Waals surface area contributed by atoms with Crippen LogP contribution in [0.3, 0.4) is 0 Å². The van der Waals surface area contributed by atoms with E-state index in [0.717, 1.165) is 17.6 Å². The lowest BCUT2D eigenvalue weighted by molar-refractivity contribution is -0.383. The minimum atomic E-state index is -0.356. The summed E-state index contributed by atoms with van der Waals surface area (Å²) in [6.07, 6.45) is 7.09. The molecular weight excluding hydrogens is 286 g/mol.